The number of rotatable bonds is 1. The Hall–Kier alpha value is -2.10. The molecule has 1 aromatic heterocycles. The molecular weight excluding hydrogens is 422 g/mol. The van der Waals surface area contributed by atoms with Gasteiger partial charge in [0.1, 0.15) is 5.75 Å². The first-order valence-electron chi connectivity index (χ1n) is 9.04. The van der Waals surface area contributed by atoms with Crippen molar-refractivity contribution in [2.24, 2.45) is 0 Å². The lowest BCUT2D eigenvalue weighted by Crippen LogP contribution is -2.08. The van der Waals surface area contributed by atoms with Gasteiger partial charge in [-0.3, -0.25) is 0 Å². The molecule has 1 heterocycles. The standard InChI is InChI=1S/C23H18BrNO.ClH/c24-15-10-12-21(26)19(13-15)23-18-8-4-3-7-17(18)22-16-6-2-1-5-14(16)9-11-20(22)25-23;/h1-2,5-6,9-13,26H,3-4,7-8H2;1H. The predicted octanol–water partition coefficient (Wildman–Crippen LogP) is 6.82. The first-order valence-corrected chi connectivity index (χ1v) is 9.84. The molecule has 0 saturated carbocycles. The molecule has 0 bridgehead atoms. The summed E-state index contributed by atoms with van der Waals surface area (Å²) in [6.07, 6.45) is 4.47. The zero-order valence-corrected chi connectivity index (χ0v) is 17.1. The summed E-state index contributed by atoms with van der Waals surface area (Å²) < 4.78 is 0.954. The van der Waals surface area contributed by atoms with Crippen molar-refractivity contribution in [1.82, 2.24) is 4.98 Å². The van der Waals surface area contributed by atoms with Crippen molar-refractivity contribution in [2.45, 2.75) is 25.7 Å². The van der Waals surface area contributed by atoms with Crippen LogP contribution in [-0.4, -0.2) is 10.1 Å². The van der Waals surface area contributed by atoms with E-state index in [0.717, 1.165) is 34.1 Å². The minimum absolute atomic E-state index is 0. The van der Waals surface area contributed by atoms with Gasteiger partial charge in [-0.2, -0.15) is 0 Å². The van der Waals surface area contributed by atoms with Gasteiger partial charge in [-0.05, 0) is 71.8 Å². The van der Waals surface area contributed by atoms with E-state index in [9.17, 15) is 5.11 Å². The van der Waals surface area contributed by atoms with Gasteiger partial charge < -0.3 is 5.11 Å². The highest BCUT2D eigenvalue weighted by Gasteiger charge is 2.22. The van der Waals surface area contributed by atoms with E-state index in [4.69, 9.17) is 4.98 Å². The molecule has 0 saturated heterocycles. The number of benzene rings is 3. The number of pyridine rings is 1. The molecule has 0 aliphatic heterocycles. The van der Waals surface area contributed by atoms with Gasteiger partial charge in [0.25, 0.3) is 0 Å². The summed E-state index contributed by atoms with van der Waals surface area (Å²) in [7, 11) is 0. The van der Waals surface area contributed by atoms with Crippen LogP contribution in [0.2, 0.25) is 0 Å². The lowest BCUT2D eigenvalue weighted by Gasteiger charge is -2.22. The number of hydrogen-bond donors (Lipinski definition) is 1. The smallest absolute Gasteiger partial charge is 0.125 e. The zero-order chi connectivity index (χ0) is 17.7. The van der Waals surface area contributed by atoms with Crippen LogP contribution >= 0.6 is 28.3 Å². The van der Waals surface area contributed by atoms with Crippen LogP contribution in [0.4, 0.5) is 0 Å². The van der Waals surface area contributed by atoms with Crippen LogP contribution in [-0.2, 0) is 12.8 Å². The molecule has 0 atom stereocenters. The number of halogens is 2. The second kappa shape index (κ2) is 7.14. The Morgan fingerprint density at radius 2 is 1.67 bits per heavy atom. The SMILES string of the molecule is Cl.Oc1ccc(Br)cc1-c1nc2ccc3ccccc3c2c2c1CCCC2. The molecule has 0 unspecified atom stereocenters. The predicted molar refractivity (Wildman–Crippen MR) is 118 cm³/mol. The minimum atomic E-state index is 0. The third-order valence-corrected chi connectivity index (χ3v) is 5.90. The molecular formula is C23H19BrClNO. The number of hydrogen-bond acceptors (Lipinski definition) is 2. The fraction of sp³-hybridized carbons (Fsp3) is 0.174. The molecule has 136 valence electrons. The summed E-state index contributed by atoms with van der Waals surface area (Å²) >= 11 is 3.53. The number of aryl methyl sites for hydroxylation is 1. The second-order valence-electron chi connectivity index (χ2n) is 6.97. The summed E-state index contributed by atoms with van der Waals surface area (Å²) in [6, 6.07) is 18.4. The van der Waals surface area contributed by atoms with E-state index in [0.29, 0.717) is 0 Å². The van der Waals surface area contributed by atoms with E-state index in [2.05, 4.69) is 52.3 Å². The highest BCUT2D eigenvalue weighted by Crippen LogP contribution is 2.41. The molecule has 0 radical (unpaired) electrons. The molecule has 1 aliphatic rings. The normalized spacial score (nSPS) is 13.4. The molecule has 2 nitrogen and oxygen atoms in total. The van der Waals surface area contributed by atoms with Gasteiger partial charge in [0, 0.05) is 15.4 Å². The van der Waals surface area contributed by atoms with Crippen molar-refractivity contribution in [3.05, 3.63) is 70.2 Å². The lowest BCUT2D eigenvalue weighted by atomic mass is 9.85. The Balaban J connectivity index is 0.00000180. The molecule has 4 aromatic rings. The summed E-state index contributed by atoms with van der Waals surface area (Å²) in [5, 5.41) is 14.3. The van der Waals surface area contributed by atoms with Crippen molar-refractivity contribution >= 4 is 50.0 Å². The Kier molecular flexibility index (Phi) is 4.83. The Morgan fingerprint density at radius 3 is 2.52 bits per heavy atom. The van der Waals surface area contributed by atoms with Crippen molar-refractivity contribution in [3.63, 3.8) is 0 Å². The van der Waals surface area contributed by atoms with Crippen molar-refractivity contribution in [3.8, 4) is 17.0 Å². The molecule has 3 aromatic carbocycles. The maximum absolute atomic E-state index is 10.5. The van der Waals surface area contributed by atoms with E-state index in [1.807, 2.05) is 12.1 Å². The first kappa shape index (κ1) is 18.3. The quantitative estimate of drug-likeness (QED) is 0.329. The fourth-order valence-electron chi connectivity index (χ4n) is 4.22. The average molecular weight is 441 g/mol. The van der Waals surface area contributed by atoms with Gasteiger partial charge in [0.15, 0.2) is 0 Å². The van der Waals surface area contributed by atoms with E-state index < -0.39 is 0 Å². The van der Waals surface area contributed by atoms with Crippen LogP contribution in [0.25, 0.3) is 32.9 Å². The van der Waals surface area contributed by atoms with Crippen LogP contribution < -0.4 is 0 Å². The van der Waals surface area contributed by atoms with Crippen LogP contribution in [0.1, 0.15) is 24.0 Å². The molecule has 1 aliphatic carbocycles. The fourth-order valence-corrected chi connectivity index (χ4v) is 4.58. The van der Waals surface area contributed by atoms with Crippen molar-refractivity contribution < 1.29 is 5.11 Å². The number of nitrogens with zero attached hydrogens (tertiary/aromatic N) is 1. The maximum atomic E-state index is 10.5. The molecule has 0 spiro atoms. The van der Waals surface area contributed by atoms with E-state index in [1.165, 1.54) is 40.1 Å². The van der Waals surface area contributed by atoms with E-state index in [-0.39, 0.29) is 18.2 Å². The van der Waals surface area contributed by atoms with Gasteiger partial charge in [0.2, 0.25) is 0 Å². The molecule has 0 fully saturated rings. The summed E-state index contributed by atoms with van der Waals surface area (Å²) in [4.78, 5) is 5.03. The number of fused-ring (bicyclic) bond motifs is 5. The topological polar surface area (TPSA) is 33.1 Å². The molecule has 0 amide bonds. The van der Waals surface area contributed by atoms with Crippen LogP contribution in [0.15, 0.2) is 59.1 Å². The minimum Gasteiger partial charge on any atom is -0.507 e. The van der Waals surface area contributed by atoms with Crippen molar-refractivity contribution in [1.29, 1.82) is 0 Å². The zero-order valence-electron chi connectivity index (χ0n) is 14.7. The van der Waals surface area contributed by atoms with Crippen LogP contribution in [0, 0.1) is 0 Å². The highest BCUT2D eigenvalue weighted by molar-refractivity contribution is 9.10. The highest BCUT2D eigenvalue weighted by atomic mass is 79.9. The van der Waals surface area contributed by atoms with Gasteiger partial charge in [-0.25, -0.2) is 4.98 Å². The Morgan fingerprint density at radius 1 is 0.889 bits per heavy atom. The van der Waals surface area contributed by atoms with E-state index in [1.54, 1.807) is 6.07 Å². The van der Waals surface area contributed by atoms with Crippen molar-refractivity contribution in [2.75, 3.05) is 0 Å². The number of phenolic OH excluding ortho intramolecular Hbond substituents is 1. The van der Waals surface area contributed by atoms with Gasteiger partial charge in [0.05, 0.1) is 11.2 Å². The number of aromatic hydroxyl groups is 1. The summed E-state index contributed by atoms with van der Waals surface area (Å²) in [6.45, 7) is 0. The number of phenols is 1. The Labute approximate surface area is 172 Å². The first-order chi connectivity index (χ1) is 12.7. The molecule has 4 heteroatoms. The van der Waals surface area contributed by atoms with Crippen LogP contribution in [0.3, 0.4) is 0 Å². The third-order valence-electron chi connectivity index (χ3n) is 5.41. The summed E-state index contributed by atoms with van der Waals surface area (Å²) in [5.74, 6) is 0.286. The van der Waals surface area contributed by atoms with Crippen LogP contribution in [0.5, 0.6) is 5.75 Å². The average Bonchev–Trinajstić information content (AvgIpc) is 2.69. The van der Waals surface area contributed by atoms with Gasteiger partial charge in [-0.1, -0.05) is 46.3 Å². The largest absolute Gasteiger partial charge is 0.507 e. The maximum Gasteiger partial charge on any atom is 0.125 e. The monoisotopic (exact) mass is 439 g/mol. The Bertz CT molecular complexity index is 1170. The van der Waals surface area contributed by atoms with Gasteiger partial charge >= 0.3 is 0 Å². The molecule has 1 N–H and O–H groups in total. The summed E-state index contributed by atoms with van der Waals surface area (Å²) in [5.41, 5.74) is 5.47. The molecule has 27 heavy (non-hydrogen) atoms. The number of aromatic nitrogens is 1. The lowest BCUT2D eigenvalue weighted by molar-refractivity contribution is 0.477. The third kappa shape index (κ3) is 2.99. The van der Waals surface area contributed by atoms with E-state index >= 15 is 0 Å². The van der Waals surface area contributed by atoms with Gasteiger partial charge in [-0.15, -0.1) is 12.4 Å². The second-order valence-corrected chi connectivity index (χ2v) is 7.88. The molecule has 5 rings (SSSR count).